The first-order valence-electron chi connectivity index (χ1n) is 22.3. The number of benzene rings is 11. The second-order valence-corrected chi connectivity index (χ2v) is 16.5. The van der Waals surface area contributed by atoms with Crippen molar-refractivity contribution in [2.24, 2.45) is 0 Å². The standard InChI is InChI=1S/C62H43N3/c1-6-17-44(18-7-1)46-29-35-52(36-30-46)63(49-21-10-3-11-22-49)54-39-33-48-34-41-59-62(57(48)43-54)61-56-27-16-28-58(55(56)40-42-60(61)65(59)51-25-14-5-15-26-51)64(50-23-12-4-13-24-50)53-37-31-47(32-38-53)45-19-8-2-9-20-45/h1-43H. The molecule has 0 fully saturated rings. The maximum absolute atomic E-state index is 2.44. The van der Waals surface area contributed by atoms with E-state index in [2.05, 4.69) is 275 Å². The van der Waals surface area contributed by atoms with Gasteiger partial charge in [0.25, 0.3) is 0 Å². The van der Waals surface area contributed by atoms with E-state index in [1.165, 1.54) is 65.6 Å². The zero-order chi connectivity index (χ0) is 43.1. The number of para-hydroxylation sites is 3. The Morgan fingerprint density at radius 3 is 1.28 bits per heavy atom. The third-order valence-corrected chi connectivity index (χ3v) is 12.7. The Balaban J connectivity index is 1.09. The Labute approximate surface area is 378 Å². The Hall–Kier alpha value is -8.66. The van der Waals surface area contributed by atoms with Gasteiger partial charge in [-0.2, -0.15) is 0 Å². The highest BCUT2D eigenvalue weighted by molar-refractivity contribution is 6.30. The Kier molecular flexibility index (Phi) is 9.50. The van der Waals surface area contributed by atoms with Gasteiger partial charge in [-0.3, -0.25) is 0 Å². The number of nitrogens with zero attached hydrogens (tertiary/aromatic N) is 3. The van der Waals surface area contributed by atoms with Gasteiger partial charge in [0.15, 0.2) is 0 Å². The number of hydrogen-bond acceptors (Lipinski definition) is 2. The van der Waals surface area contributed by atoms with Crippen LogP contribution in [0.4, 0.5) is 34.1 Å². The molecule has 3 heteroatoms. The molecule has 0 aliphatic heterocycles. The van der Waals surface area contributed by atoms with Crippen LogP contribution in [-0.2, 0) is 0 Å². The molecule has 0 bridgehead atoms. The van der Waals surface area contributed by atoms with Gasteiger partial charge in [0.2, 0.25) is 0 Å². The molecule has 12 rings (SSSR count). The minimum atomic E-state index is 1.10. The van der Waals surface area contributed by atoms with Gasteiger partial charge in [-0.25, -0.2) is 0 Å². The summed E-state index contributed by atoms with van der Waals surface area (Å²) in [6.45, 7) is 0. The van der Waals surface area contributed by atoms with Gasteiger partial charge in [0, 0.05) is 50.3 Å². The Morgan fingerprint density at radius 2 is 0.692 bits per heavy atom. The fourth-order valence-electron chi connectivity index (χ4n) is 9.74. The fraction of sp³-hybridized carbons (Fsp3) is 0. The SMILES string of the molecule is c1ccc(-c2ccc(N(c3ccccc3)c3ccc4ccc5c(c4c3)c3c4cccc(N(c6ccccc6)c6ccc(-c7ccccc7)cc6)c4ccc3n5-c3ccccc3)cc2)cc1. The molecule has 0 radical (unpaired) electrons. The lowest BCUT2D eigenvalue weighted by Gasteiger charge is -2.27. The van der Waals surface area contributed by atoms with Gasteiger partial charge < -0.3 is 14.4 Å². The topological polar surface area (TPSA) is 11.4 Å². The van der Waals surface area contributed by atoms with Gasteiger partial charge in [-0.05, 0) is 129 Å². The van der Waals surface area contributed by atoms with Crippen molar-refractivity contribution < 1.29 is 0 Å². The summed E-state index contributed by atoms with van der Waals surface area (Å²) in [5, 5.41) is 7.25. The van der Waals surface area contributed by atoms with E-state index in [-0.39, 0.29) is 0 Å². The van der Waals surface area contributed by atoms with Crippen molar-refractivity contribution in [1.82, 2.24) is 4.57 Å². The molecule has 0 spiro atoms. The van der Waals surface area contributed by atoms with E-state index >= 15 is 0 Å². The number of fused-ring (bicyclic) bond motifs is 7. The lowest BCUT2D eigenvalue weighted by molar-refractivity contribution is 1.18. The van der Waals surface area contributed by atoms with Gasteiger partial charge in [-0.15, -0.1) is 0 Å². The molecule has 306 valence electrons. The van der Waals surface area contributed by atoms with Crippen LogP contribution in [-0.4, -0.2) is 4.57 Å². The van der Waals surface area contributed by atoms with E-state index < -0.39 is 0 Å². The number of hydrogen-bond donors (Lipinski definition) is 0. The highest BCUT2D eigenvalue weighted by atomic mass is 15.1. The molecule has 0 atom stereocenters. The third kappa shape index (κ3) is 6.78. The molecule has 0 unspecified atom stereocenters. The summed E-state index contributed by atoms with van der Waals surface area (Å²) < 4.78 is 2.44. The first kappa shape index (κ1) is 38.0. The van der Waals surface area contributed by atoms with E-state index in [1.807, 2.05) is 0 Å². The van der Waals surface area contributed by atoms with Crippen molar-refractivity contribution in [3.05, 3.63) is 261 Å². The predicted octanol–water partition coefficient (Wildman–Crippen LogP) is 17.4. The minimum Gasteiger partial charge on any atom is -0.310 e. The normalized spacial score (nSPS) is 11.4. The molecule has 0 aliphatic rings. The Bertz CT molecular complexity index is 3580. The molecule has 0 N–H and O–H groups in total. The average molecular weight is 830 g/mol. The van der Waals surface area contributed by atoms with Gasteiger partial charge in [-0.1, -0.05) is 170 Å². The van der Waals surface area contributed by atoms with Crippen LogP contribution in [0.3, 0.4) is 0 Å². The second kappa shape index (κ2) is 16.2. The molecule has 0 saturated carbocycles. The molecular formula is C62H43N3. The maximum Gasteiger partial charge on any atom is 0.0547 e. The summed E-state index contributed by atoms with van der Waals surface area (Å²) in [5.41, 5.74) is 14.9. The summed E-state index contributed by atoms with van der Waals surface area (Å²) in [4.78, 5) is 4.77. The van der Waals surface area contributed by atoms with Crippen LogP contribution < -0.4 is 9.80 Å². The molecule has 1 heterocycles. The van der Waals surface area contributed by atoms with Crippen molar-refractivity contribution >= 4 is 77.5 Å². The Morgan fingerprint density at radius 1 is 0.262 bits per heavy atom. The number of anilines is 6. The average Bonchev–Trinajstić information content (AvgIpc) is 3.74. The van der Waals surface area contributed by atoms with Crippen molar-refractivity contribution in [2.75, 3.05) is 9.80 Å². The molecule has 0 amide bonds. The lowest BCUT2D eigenvalue weighted by Crippen LogP contribution is -2.10. The summed E-state index contributed by atoms with van der Waals surface area (Å²) in [6, 6.07) is 94.3. The quantitative estimate of drug-likeness (QED) is 0.144. The van der Waals surface area contributed by atoms with Crippen molar-refractivity contribution in [1.29, 1.82) is 0 Å². The molecule has 3 nitrogen and oxygen atoms in total. The first-order chi connectivity index (χ1) is 32.3. The van der Waals surface area contributed by atoms with E-state index in [0.29, 0.717) is 0 Å². The molecule has 0 aliphatic carbocycles. The molecule has 65 heavy (non-hydrogen) atoms. The fourth-order valence-corrected chi connectivity index (χ4v) is 9.74. The van der Waals surface area contributed by atoms with E-state index in [1.54, 1.807) is 0 Å². The van der Waals surface area contributed by atoms with Gasteiger partial charge >= 0.3 is 0 Å². The first-order valence-corrected chi connectivity index (χ1v) is 22.3. The zero-order valence-electron chi connectivity index (χ0n) is 35.7. The van der Waals surface area contributed by atoms with Crippen LogP contribution in [0, 0.1) is 0 Å². The van der Waals surface area contributed by atoms with Crippen LogP contribution >= 0.6 is 0 Å². The van der Waals surface area contributed by atoms with E-state index in [0.717, 1.165) is 39.8 Å². The summed E-state index contributed by atoms with van der Waals surface area (Å²) in [5.74, 6) is 0. The number of aromatic nitrogens is 1. The van der Waals surface area contributed by atoms with Crippen molar-refractivity contribution in [3.63, 3.8) is 0 Å². The highest BCUT2D eigenvalue weighted by Gasteiger charge is 2.22. The van der Waals surface area contributed by atoms with Crippen molar-refractivity contribution in [2.45, 2.75) is 0 Å². The number of rotatable bonds is 9. The van der Waals surface area contributed by atoms with Gasteiger partial charge in [0.05, 0.1) is 16.7 Å². The van der Waals surface area contributed by atoms with Crippen LogP contribution in [0.25, 0.3) is 71.3 Å². The van der Waals surface area contributed by atoms with Crippen LogP contribution in [0.15, 0.2) is 261 Å². The van der Waals surface area contributed by atoms with Crippen LogP contribution in [0.1, 0.15) is 0 Å². The van der Waals surface area contributed by atoms with Crippen molar-refractivity contribution in [3.8, 4) is 27.9 Å². The summed E-state index contributed by atoms with van der Waals surface area (Å²) in [7, 11) is 0. The predicted molar refractivity (Wildman–Crippen MR) is 276 cm³/mol. The summed E-state index contributed by atoms with van der Waals surface area (Å²) in [6.07, 6.45) is 0. The second-order valence-electron chi connectivity index (χ2n) is 16.5. The molecule has 1 aromatic heterocycles. The highest BCUT2D eigenvalue weighted by Crippen LogP contribution is 2.46. The lowest BCUT2D eigenvalue weighted by atomic mass is 9.97. The minimum absolute atomic E-state index is 1.10. The summed E-state index contributed by atoms with van der Waals surface area (Å²) >= 11 is 0. The monoisotopic (exact) mass is 829 g/mol. The third-order valence-electron chi connectivity index (χ3n) is 12.7. The largest absolute Gasteiger partial charge is 0.310 e. The molecular weight excluding hydrogens is 787 g/mol. The van der Waals surface area contributed by atoms with Crippen LogP contribution in [0.5, 0.6) is 0 Å². The molecule has 12 aromatic rings. The van der Waals surface area contributed by atoms with Gasteiger partial charge in [0.1, 0.15) is 0 Å². The molecule has 11 aromatic carbocycles. The van der Waals surface area contributed by atoms with E-state index in [9.17, 15) is 0 Å². The smallest absolute Gasteiger partial charge is 0.0547 e. The zero-order valence-corrected chi connectivity index (χ0v) is 35.7. The maximum atomic E-state index is 2.44. The van der Waals surface area contributed by atoms with Crippen LogP contribution in [0.2, 0.25) is 0 Å². The molecule has 0 saturated heterocycles. The van der Waals surface area contributed by atoms with E-state index in [4.69, 9.17) is 0 Å².